The van der Waals surface area contributed by atoms with Crippen LogP contribution >= 0.6 is 0 Å². The smallest absolute Gasteiger partial charge is 0.229 e. The highest BCUT2D eigenvalue weighted by Crippen LogP contribution is 2.31. The Morgan fingerprint density at radius 1 is 1.22 bits per heavy atom. The molecule has 3 aromatic rings. The molecule has 1 atom stereocenters. The molecule has 0 spiro atoms. The fourth-order valence-electron chi connectivity index (χ4n) is 3.21. The Bertz CT molecular complexity index is 1040. The molecule has 138 valence electrons. The van der Waals surface area contributed by atoms with Gasteiger partial charge in [0.2, 0.25) is 5.91 Å². The summed E-state index contributed by atoms with van der Waals surface area (Å²) < 4.78 is 26.8. The lowest BCUT2D eigenvalue weighted by atomic mass is 10.1. The quantitative estimate of drug-likeness (QED) is 0.752. The summed E-state index contributed by atoms with van der Waals surface area (Å²) in [7, 11) is -1.01. The monoisotopic (exact) mass is 383 g/mol. The fraction of sp³-hybridized carbons (Fsp3) is 0.200. The lowest BCUT2D eigenvalue weighted by Crippen LogP contribution is -2.18. The number of carbonyl (C=O) groups excluding carboxylic acids is 1. The van der Waals surface area contributed by atoms with Gasteiger partial charge in [0.25, 0.3) is 0 Å². The maximum atomic E-state index is 13.3. The zero-order valence-electron chi connectivity index (χ0n) is 14.7. The summed E-state index contributed by atoms with van der Waals surface area (Å²) in [5.74, 6) is 0.718. The predicted molar refractivity (Wildman–Crippen MR) is 103 cm³/mol. The van der Waals surface area contributed by atoms with Gasteiger partial charge < -0.3 is 5.32 Å². The van der Waals surface area contributed by atoms with E-state index < -0.39 is 10.8 Å². The van der Waals surface area contributed by atoms with Gasteiger partial charge >= 0.3 is 0 Å². The van der Waals surface area contributed by atoms with Crippen LogP contribution in [0, 0.1) is 12.7 Å². The summed E-state index contributed by atoms with van der Waals surface area (Å²) in [5, 5.41) is 7.43. The number of aryl methyl sites for hydroxylation is 1. The second-order valence-electron chi connectivity index (χ2n) is 6.60. The first-order valence-electron chi connectivity index (χ1n) is 8.56. The highest BCUT2D eigenvalue weighted by Gasteiger charge is 2.28. The van der Waals surface area contributed by atoms with Crippen molar-refractivity contribution in [3.63, 3.8) is 0 Å². The number of carbonyl (C=O) groups is 1. The van der Waals surface area contributed by atoms with Gasteiger partial charge in [0.05, 0.1) is 29.3 Å². The molecule has 2 aromatic carbocycles. The Morgan fingerprint density at radius 3 is 2.74 bits per heavy atom. The number of nitrogens with one attached hydrogen (secondary N) is 1. The first-order valence-corrected chi connectivity index (χ1v) is 10.1. The van der Waals surface area contributed by atoms with Gasteiger partial charge in [-0.1, -0.05) is 29.8 Å². The van der Waals surface area contributed by atoms with Crippen LogP contribution in [0.2, 0.25) is 0 Å². The molecule has 1 aromatic heterocycles. The second kappa shape index (κ2) is 7.08. The highest BCUT2D eigenvalue weighted by atomic mass is 32.2. The number of nitrogens with zero attached hydrogens (tertiary/aromatic N) is 2. The van der Waals surface area contributed by atoms with Crippen LogP contribution in [0.15, 0.2) is 48.5 Å². The van der Waals surface area contributed by atoms with E-state index in [0.717, 1.165) is 16.7 Å². The Hall–Kier alpha value is -2.80. The molecule has 1 N–H and O–H groups in total. The number of halogens is 1. The summed E-state index contributed by atoms with van der Waals surface area (Å²) in [6.45, 7) is 1.98. The molecule has 0 fully saturated rings. The molecule has 7 heteroatoms. The molecular formula is C20H18FN3O2S. The van der Waals surface area contributed by atoms with Crippen LogP contribution in [0.1, 0.15) is 22.4 Å². The Kier molecular flexibility index (Phi) is 4.61. The molecule has 0 bridgehead atoms. The summed E-state index contributed by atoms with van der Waals surface area (Å²) >= 11 is 0. The number of amides is 1. The molecule has 1 amide bonds. The molecule has 0 saturated carbocycles. The number of aromatic nitrogens is 2. The normalized spacial score (nSPS) is 15.6. The SMILES string of the molecule is Cc1cccc(CC(=O)Nc2c3c(nn2-c2ccc(F)cc2)CS(=O)C3)c1. The molecule has 1 aliphatic heterocycles. The summed E-state index contributed by atoms with van der Waals surface area (Å²) in [5.41, 5.74) is 4.15. The zero-order valence-corrected chi connectivity index (χ0v) is 15.6. The number of hydrogen-bond acceptors (Lipinski definition) is 3. The molecule has 0 saturated heterocycles. The van der Waals surface area contributed by atoms with Crippen molar-refractivity contribution in [3.8, 4) is 5.69 Å². The molecular weight excluding hydrogens is 365 g/mol. The lowest BCUT2D eigenvalue weighted by molar-refractivity contribution is -0.115. The first-order chi connectivity index (χ1) is 13.0. The number of fused-ring (bicyclic) bond motifs is 1. The zero-order chi connectivity index (χ0) is 19.0. The molecule has 1 aliphatic rings. The maximum absolute atomic E-state index is 13.3. The van der Waals surface area contributed by atoms with E-state index in [2.05, 4.69) is 10.4 Å². The maximum Gasteiger partial charge on any atom is 0.229 e. The van der Waals surface area contributed by atoms with Crippen LogP contribution in [0.4, 0.5) is 10.2 Å². The molecule has 4 rings (SSSR count). The van der Waals surface area contributed by atoms with Crippen molar-refractivity contribution in [1.82, 2.24) is 9.78 Å². The number of rotatable bonds is 4. The topological polar surface area (TPSA) is 64.0 Å². The van der Waals surface area contributed by atoms with E-state index in [-0.39, 0.29) is 18.1 Å². The first kappa shape index (κ1) is 17.6. The van der Waals surface area contributed by atoms with E-state index in [1.807, 2.05) is 31.2 Å². The molecule has 27 heavy (non-hydrogen) atoms. The van der Waals surface area contributed by atoms with Crippen molar-refractivity contribution in [3.05, 3.63) is 76.7 Å². The third-order valence-electron chi connectivity index (χ3n) is 4.45. The summed E-state index contributed by atoms with van der Waals surface area (Å²) in [4.78, 5) is 12.6. The van der Waals surface area contributed by atoms with E-state index >= 15 is 0 Å². The van der Waals surface area contributed by atoms with E-state index in [0.29, 0.717) is 28.7 Å². The van der Waals surface area contributed by atoms with Crippen LogP contribution in [0.3, 0.4) is 0 Å². The van der Waals surface area contributed by atoms with Crippen molar-refractivity contribution in [1.29, 1.82) is 0 Å². The van der Waals surface area contributed by atoms with Gasteiger partial charge in [-0.2, -0.15) is 5.10 Å². The number of anilines is 1. The third-order valence-corrected chi connectivity index (χ3v) is 5.65. The van der Waals surface area contributed by atoms with E-state index in [1.165, 1.54) is 12.1 Å². The molecule has 2 heterocycles. The number of benzene rings is 2. The molecule has 5 nitrogen and oxygen atoms in total. The van der Waals surface area contributed by atoms with Gasteiger partial charge in [-0.3, -0.25) is 9.00 Å². The fourth-order valence-corrected chi connectivity index (χ4v) is 4.47. The van der Waals surface area contributed by atoms with Gasteiger partial charge in [0.15, 0.2) is 0 Å². The Labute approximate surface area is 158 Å². The van der Waals surface area contributed by atoms with Crippen LogP contribution in [-0.2, 0) is 33.5 Å². The van der Waals surface area contributed by atoms with E-state index in [1.54, 1.807) is 16.8 Å². The van der Waals surface area contributed by atoms with Gasteiger partial charge in [-0.15, -0.1) is 0 Å². The van der Waals surface area contributed by atoms with Crippen molar-refractivity contribution in [2.45, 2.75) is 24.9 Å². The minimum atomic E-state index is -1.01. The van der Waals surface area contributed by atoms with Crippen LogP contribution in [-0.4, -0.2) is 19.9 Å². The number of hydrogen-bond donors (Lipinski definition) is 1. The Morgan fingerprint density at radius 2 is 2.00 bits per heavy atom. The average Bonchev–Trinajstić information content (AvgIpc) is 3.13. The minimum absolute atomic E-state index is 0.177. The molecule has 1 unspecified atom stereocenters. The molecule has 0 aliphatic carbocycles. The van der Waals surface area contributed by atoms with E-state index in [4.69, 9.17) is 0 Å². The van der Waals surface area contributed by atoms with Gasteiger partial charge in [0, 0.05) is 16.4 Å². The van der Waals surface area contributed by atoms with Crippen molar-refractivity contribution < 1.29 is 13.4 Å². The highest BCUT2D eigenvalue weighted by molar-refractivity contribution is 7.83. The second-order valence-corrected chi connectivity index (χ2v) is 8.06. The van der Waals surface area contributed by atoms with Gasteiger partial charge in [0.1, 0.15) is 11.6 Å². The van der Waals surface area contributed by atoms with Crippen LogP contribution in [0.5, 0.6) is 0 Å². The summed E-state index contributed by atoms with van der Waals surface area (Å²) in [6, 6.07) is 13.7. The van der Waals surface area contributed by atoms with Gasteiger partial charge in [-0.05, 0) is 36.8 Å². The van der Waals surface area contributed by atoms with Crippen molar-refractivity contribution in [2.24, 2.45) is 0 Å². The largest absolute Gasteiger partial charge is 0.310 e. The lowest BCUT2D eigenvalue weighted by Gasteiger charge is -2.11. The molecule has 0 radical (unpaired) electrons. The van der Waals surface area contributed by atoms with Crippen molar-refractivity contribution in [2.75, 3.05) is 5.32 Å². The van der Waals surface area contributed by atoms with Crippen molar-refractivity contribution >= 4 is 22.5 Å². The van der Waals surface area contributed by atoms with Crippen LogP contribution in [0.25, 0.3) is 5.69 Å². The average molecular weight is 383 g/mol. The summed E-state index contributed by atoms with van der Waals surface area (Å²) in [6.07, 6.45) is 0.230. The standard InChI is InChI=1S/C20H18FN3O2S/c1-13-3-2-4-14(9-13)10-19(25)22-20-17-11-27(26)12-18(17)23-24(20)16-7-5-15(21)6-8-16/h2-9H,10-12H2,1H3,(H,22,25). The van der Waals surface area contributed by atoms with Crippen LogP contribution < -0.4 is 5.32 Å². The Balaban J connectivity index is 1.65. The third kappa shape index (κ3) is 3.68. The minimum Gasteiger partial charge on any atom is -0.310 e. The van der Waals surface area contributed by atoms with Gasteiger partial charge in [-0.25, -0.2) is 9.07 Å². The predicted octanol–water partition coefficient (Wildman–Crippen LogP) is 3.26. The van der Waals surface area contributed by atoms with E-state index in [9.17, 15) is 13.4 Å².